The molecule has 0 unspecified atom stereocenters. The minimum absolute atomic E-state index is 0.128. The highest BCUT2D eigenvalue weighted by Gasteiger charge is 2.30. The van der Waals surface area contributed by atoms with Gasteiger partial charge < -0.3 is 9.84 Å². The number of nitrogens with zero attached hydrogens (tertiary/aromatic N) is 4. The highest BCUT2D eigenvalue weighted by atomic mass is 16.5. The smallest absolute Gasteiger partial charge is 0.307 e. The molecule has 1 aromatic heterocycles. The monoisotopic (exact) mass is 512 g/mol. The van der Waals surface area contributed by atoms with Crippen LogP contribution in [0.15, 0.2) is 54.6 Å². The maximum absolute atomic E-state index is 12.3. The average molecular weight is 513 g/mol. The van der Waals surface area contributed by atoms with E-state index in [1.165, 1.54) is 16.7 Å². The molecule has 198 valence electrons. The van der Waals surface area contributed by atoms with E-state index in [4.69, 9.17) is 4.74 Å². The average Bonchev–Trinajstić information content (AvgIpc) is 3.18. The van der Waals surface area contributed by atoms with Crippen LogP contribution in [0.5, 0.6) is 5.75 Å². The van der Waals surface area contributed by atoms with Gasteiger partial charge in [-0.25, -0.2) is 4.68 Å². The number of rotatable bonds is 7. The number of carbonyl (C=O) groups is 1. The van der Waals surface area contributed by atoms with E-state index in [2.05, 4.69) is 65.5 Å². The van der Waals surface area contributed by atoms with Gasteiger partial charge in [0.15, 0.2) is 0 Å². The first-order chi connectivity index (χ1) is 18.3. The van der Waals surface area contributed by atoms with E-state index in [0.717, 1.165) is 59.5 Å². The third kappa shape index (κ3) is 4.90. The van der Waals surface area contributed by atoms with Crippen LogP contribution in [0.3, 0.4) is 0 Å². The Morgan fingerprint density at radius 3 is 2.71 bits per heavy atom. The van der Waals surface area contributed by atoms with Crippen LogP contribution in [0.1, 0.15) is 59.6 Å². The van der Waals surface area contributed by atoms with E-state index in [-0.39, 0.29) is 12.0 Å². The largest absolute Gasteiger partial charge is 0.489 e. The van der Waals surface area contributed by atoms with Crippen molar-refractivity contribution in [3.05, 3.63) is 88.0 Å². The lowest BCUT2D eigenvalue weighted by atomic mass is 9.79. The van der Waals surface area contributed by atoms with Gasteiger partial charge in [0, 0.05) is 38.2 Å². The highest BCUT2D eigenvalue weighted by Crippen LogP contribution is 2.37. The molecular formula is C31H36N4O3. The lowest BCUT2D eigenvalue weighted by Gasteiger charge is -2.27. The standard InChI is InChI=1S/C31H36N4O3/c1-6-25-18-35(16-23-9-7-8-10-28(23)38-25)17-24-15-22(12-11-19(24)2)29(21(4)31(36)37)26-13-14-27-30(20(26)3)32-33-34(27)5/h7-15,21,25,29H,6,16-18H2,1-5H3,(H,36,37)/t21-,25-,29+/m1/s1. The molecule has 0 saturated carbocycles. The van der Waals surface area contributed by atoms with Gasteiger partial charge in [0.25, 0.3) is 0 Å². The second kappa shape index (κ2) is 10.6. The van der Waals surface area contributed by atoms with Crippen molar-refractivity contribution in [2.75, 3.05) is 6.54 Å². The number of fused-ring (bicyclic) bond motifs is 2. The molecule has 5 rings (SSSR count). The Balaban J connectivity index is 1.53. The van der Waals surface area contributed by atoms with Crippen LogP contribution in [0, 0.1) is 19.8 Å². The number of carboxylic acid groups (broad SMARTS) is 1. The molecule has 0 saturated heterocycles. The quantitative estimate of drug-likeness (QED) is 0.347. The lowest BCUT2D eigenvalue weighted by Crippen LogP contribution is -2.32. The van der Waals surface area contributed by atoms with Crippen LogP contribution in [-0.4, -0.2) is 43.6 Å². The summed E-state index contributed by atoms with van der Waals surface area (Å²) in [6.07, 6.45) is 1.06. The van der Waals surface area contributed by atoms with E-state index >= 15 is 0 Å². The van der Waals surface area contributed by atoms with E-state index in [1.807, 2.05) is 32.2 Å². The molecule has 0 spiro atoms. The normalized spacial score (nSPS) is 17.4. The van der Waals surface area contributed by atoms with E-state index < -0.39 is 11.9 Å². The molecule has 3 aromatic carbocycles. The van der Waals surface area contributed by atoms with Gasteiger partial charge in [-0.15, -0.1) is 5.10 Å². The lowest BCUT2D eigenvalue weighted by molar-refractivity contribution is -0.141. The van der Waals surface area contributed by atoms with Gasteiger partial charge in [0.2, 0.25) is 0 Å². The van der Waals surface area contributed by atoms with Crippen molar-refractivity contribution in [3.63, 3.8) is 0 Å². The molecule has 4 aromatic rings. The molecule has 0 fully saturated rings. The molecule has 1 aliphatic rings. The van der Waals surface area contributed by atoms with Crippen molar-refractivity contribution in [1.29, 1.82) is 0 Å². The SMILES string of the molecule is CC[C@@H]1CN(Cc2cc([C@@H](c3ccc4c(nnn4C)c3C)[C@@H](C)C(=O)O)ccc2C)Cc2ccccc2O1. The predicted octanol–water partition coefficient (Wildman–Crippen LogP) is 5.61. The molecule has 7 nitrogen and oxygen atoms in total. The Hall–Kier alpha value is -3.71. The summed E-state index contributed by atoms with van der Waals surface area (Å²) in [6.45, 7) is 10.5. The second-order valence-corrected chi connectivity index (χ2v) is 10.6. The number of hydrogen-bond acceptors (Lipinski definition) is 5. The Kier molecular flexibility index (Phi) is 7.21. The molecule has 0 radical (unpaired) electrons. The van der Waals surface area contributed by atoms with Gasteiger partial charge in [0.05, 0.1) is 11.4 Å². The van der Waals surface area contributed by atoms with E-state index in [9.17, 15) is 9.90 Å². The third-order valence-electron chi connectivity index (χ3n) is 8.01. The van der Waals surface area contributed by atoms with Crippen LogP contribution in [0.2, 0.25) is 0 Å². The van der Waals surface area contributed by atoms with Crippen LogP contribution in [0.25, 0.3) is 11.0 Å². The summed E-state index contributed by atoms with van der Waals surface area (Å²) in [5, 5.41) is 18.6. The van der Waals surface area contributed by atoms with Gasteiger partial charge >= 0.3 is 5.97 Å². The van der Waals surface area contributed by atoms with Crippen molar-refractivity contribution in [2.45, 2.75) is 59.2 Å². The predicted molar refractivity (Wildman–Crippen MR) is 148 cm³/mol. The zero-order valence-electron chi connectivity index (χ0n) is 22.8. The zero-order valence-corrected chi connectivity index (χ0v) is 22.8. The summed E-state index contributed by atoms with van der Waals surface area (Å²) in [4.78, 5) is 14.7. The van der Waals surface area contributed by atoms with Crippen LogP contribution in [-0.2, 0) is 24.9 Å². The van der Waals surface area contributed by atoms with E-state index in [0.29, 0.717) is 0 Å². The molecule has 0 aliphatic carbocycles. The van der Waals surface area contributed by atoms with Gasteiger partial charge in [-0.05, 0) is 60.2 Å². The maximum Gasteiger partial charge on any atom is 0.307 e. The Bertz CT molecular complexity index is 1480. The Morgan fingerprint density at radius 2 is 1.95 bits per heavy atom. The summed E-state index contributed by atoms with van der Waals surface area (Å²) in [7, 11) is 1.87. The first-order valence-corrected chi connectivity index (χ1v) is 13.3. The third-order valence-corrected chi connectivity index (χ3v) is 8.01. The molecule has 38 heavy (non-hydrogen) atoms. The second-order valence-electron chi connectivity index (χ2n) is 10.6. The number of carboxylic acids is 1. The van der Waals surface area contributed by atoms with Crippen molar-refractivity contribution in [2.24, 2.45) is 13.0 Å². The highest BCUT2D eigenvalue weighted by molar-refractivity contribution is 5.80. The number of aryl methyl sites for hydroxylation is 3. The molecule has 0 bridgehead atoms. The van der Waals surface area contributed by atoms with Crippen molar-refractivity contribution in [3.8, 4) is 5.75 Å². The van der Waals surface area contributed by atoms with Gasteiger partial charge in [-0.3, -0.25) is 9.69 Å². The van der Waals surface area contributed by atoms with Gasteiger partial charge in [0.1, 0.15) is 17.4 Å². The fourth-order valence-corrected chi connectivity index (χ4v) is 5.65. The summed E-state index contributed by atoms with van der Waals surface area (Å²) in [5.41, 5.74) is 8.31. The maximum atomic E-state index is 12.3. The topological polar surface area (TPSA) is 80.5 Å². The Morgan fingerprint density at radius 1 is 1.16 bits per heavy atom. The number of ether oxygens (including phenoxy) is 1. The molecule has 2 heterocycles. The van der Waals surface area contributed by atoms with E-state index in [1.54, 1.807) is 11.6 Å². The van der Waals surface area contributed by atoms with Crippen LogP contribution >= 0.6 is 0 Å². The molecule has 3 atom stereocenters. The van der Waals surface area contributed by atoms with Crippen LogP contribution in [0.4, 0.5) is 0 Å². The van der Waals surface area contributed by atoms with Crippen LogP contribution < -0.4 is 4.74 Å². The number of hydrogen-bond donors (Lipinski definition) is 1. The molecule has 7 heteroatoms. The number of aliphatic carboxylic acids is 1. The molecule has 1 N–H and O–H groups in total. The number of benzene rings is 3. The van der Waals surface area contributed by atoms with Gasteiger partial charge in [-0.2, -0.15) is 0 Å². The van der Waals surface area contributed by atoms with Gasteiger partial charge in [-0.1, -0.05) is 61.5 Å². The first-order valence-electron chi connectivity index (χ1n) is 13.3. The number of aromatic nitrogens is 3. The number of para-hydroxylation sites is 1. The molecule has 0 amide bonds. The summed E-state index contributed by atoms with van der Waals surface area (Å²) in [5.74, 6) is -0.767. The first kappa shape index (κ1) is 25.9. The fourth-order valence-electron chi connectivity index (χ4n) is 5.65. The minimum atomic E-state index is -0.817. The van der Waals surface area contributed by atoms with Crippen molar-refractivity contribution >= 4 is 17.0 Å². The van der Waals surface area contributed by atoms with Crippen molar-refractivity contribution in [1.82, 2.24) is 19.9 Å². The summed E-state index contributed by atoms with van der Waals surface area (Å²) >= 11 is 0. The molecular weight excluding hydrogens is 476 g/mol. The minimum Gasteiger partial charge on any atom is -0.489 e. The molecule has 1 aliphatic heterocycles. The summed E-state index contributed by atoms with van der Waals surface area (Å²) < 4.78 is 8.06. The fraction of sp³-hybridized carbons (Fsp3) is 0.387. The zero-order chi connectivity index (χ0) is 27.0. The van der Waals surface area contributed by atoms with Crippen molar-refractivity contribution < 1.29 is 14.6 Å². The summed E-state index contributed by atoms with van der Waals surface area (Å²) in [6, 6.07) is 18.7. The Labute approximate surface area is 224 Å².